The molecule has 3 aromatic heterocycles. The maximum absolute atomic E-state index is 12.3. The fourth-order valence-corrected chi connectivity index (χ4v) is 2.53. The van der Waals surface area contributed by atoms with Crippen molar-refractivity contribution in [2.24, 2.45) is 0 Å². The molecule has 0 aliphatic heterocycles. The predicted molar refractivity (Wildman–Crippen MR) is 89.1 cm³/mol. The zero-order valence-corrected chi connectivity index (χ0v) is 13.0. The summed E-state index contributed by atoms with van der Waals surface area (Å²) >= 11 is 0. The highest BCUT2D eigenvalue weighted by Gasteiger charge is 2.13. The molecule has 0 saturated heterocycles. The number of nitrogens with zero attached hydrogens (tertiary/aromatic N) is 6. The lowest BCUT2D eigenvalue weighted by molar-refractivity contribution is 0.0953. The largest absolute Gasteiger partial charge is 0.350 e. The number of aromatic nitrogens is 6. The molecule has 0 radical (unpaired) electrons. The summed E-state index contributed by atoms with van der Waals surface area (Å²) in [5.74, 6) is -0.310. The van der Waals surface area contributed by atoms with Gasteiger partial charge in [-0.1, -0.05) is 17.3 Å². The minimum absolute atomic E-state index is 0.217. The SMILES string of the molecule is O=C(NCCn1nnc2ccccc2c1=O)c1cnn2cccnc12. The lowest BCUT2D eigenvalue weighted by Gasteiger charge is -2.06. The molecule has 0 fully saturated rings. The second-order valence-corrected chi connectivity index (χ2v) is 5.34. The van der Waals surface area contributed by atoms with Crippen molar-refractivity contribution in [3.63, 3.8) is 0 Å². The molecule has 9 heteroatoms. The molecule has 25 heavy (non-hydrogen) atoms. The number of nitrogens with one attached hydrogen (secondary N) is 1. The van der Waals surface area contributed by atoms with Gasteiger partial charge in [0, 0.05) is 18.9 Å². The van der Waals surface area contributed by atoms with Crippen molar-refractivity contribution in [1.82, 2.24) is 34.9 Å². The van der Waals surface area contributed by atoms with E-state index in [-0.39, 0.29) is 24.6 Å². The Hall–Kier alpha value is -3.62. The van der Waals surface area contributed by atoms with Crippen LogP contribution in [0.15, 0.2) is 53.7 Å². The molecule has 124 valence electrons. The van der Waals surface area contributed by atoms with Gasteiger partial charge in [0.05, 0.1) is 18.1 Å². The Bertz CT molecular complexity index is 1130. The molecule has 4 rings (SSSR count). The molecule has 1 N–H and O–H groups in total. The number of amides is 1. The van der Waals surface area contributed by atoms with Crippen LogP contribution in [0.5, 0.6) is 0 Å². The van der Waals surface area contributed by atoms with E-state index in [1.165, 1.54) is 15.4 Å². The van der Waals surface area contributed by atoms with Crippen LogP contribution in [0.25, 0.3) is 16.6 Å². The number of hydrogen-bond donors (Lipinski definition) is 1. The van der Waals surface area contributed by atoms with Crippen LogP contribution >= 0.6 is 0 Å². The lowest BCUT2D eigenvalue weighted by Crippen LogP contribution is -2.32. The predicted octanol–water partition coefficient (Wildman–Crippen LogP) is 0.264. The van der Waals surface area contributed by atoms with E-state index in [0.29, 0.717) is 22.1 Å². The van der Waals surface area contributed by atoms with Gasteiger partial charge in [0.2, 0.25) is 0 Å². The van der Waals surface area contributed by atoms with E-state index < -0.39 is 0 Å². The van der Waals surface area contributed by atoms with Gasteiger partial charge in [0.25, 0.3) is 11.5 Å². The maximum Gasteiger partial charge on any atom is 0.277 e. The lowest BCUT2D eigenvalue weighted by atomic mass is 10.2. The van der Waals surface area contributed by atoms with Gasteiger partial charge < -0.3 is 5.32 Å². The third kappa shape index (κ3) is 2.71. The summed E-state index contributed by atoms with van der Waals surface area (Å²) < 4.78 is 2.76. The van der Waals surface area contributed by atoms with Crippen molar-refractivity contribution >= 4 is 22.5 Å². The summed E-state index contributed by atoms with van der Waals surface area (Å²) in [5, 5.41) is 15.2. The fraction of sp³-hybridized carbons (Fsp3) is 0.125. The zero-order valence-electron chi connectivity index (χ0n) is 13.0. The third-order valence-corrected chi connectivity index (χ3v) is 3.76. The highest BCUT2D eigenvalue weighted by molar-refractivity contribution is 5.99. The van der Waals surface area contributed by atoms with Gasteiger partial charge in [0.1, 0.15) is 11.1 Å². The van der Waals surface area contributed by atoms with Gasteiger partial charge >= 0.3 is 0 Å². The highest BCUT2D eigenvalue weighted by Crippen LogP contribution is 2.06. The first-order valence-electron chi connectivity index (χ1n) is 7.63. The van der Waals surface area contributed by atoms with Crippen LogP contribution in [-0.2, 0) is 6.54 Å². The zero-order chi connectivity index (χ0) is 17.2. The normalized spacial score (nSPS) is 11.0. The van der Waals surface area contributed by atoms with Gasteiger partial charge in [-0.2, -0.15) is 5.10 Å². The van der Waals surface area contributed by atoms with Crippen molar-refractivity contribution in [2.75, 3.05) is 6.54 Å². The first kappa shape index (κ1) is 14.9. The monoisotopic (exact) mass is 335 g/mol. The Morgan fingerprint density at radius 1 is 1.20 bits per heavy atom. The van der Waals surface area contributed by atoms with Crippen molar-refractivity contribution in [1.29, 1.82) is 0 Å². The molecular formula is C16H13N7O2. The van der Waals surface area contributed by atoms with Gasteiger partial charge in [-0.25, -0.2) is 14.2 Å². The quantitative estimate of drug-likeness (QED) is 0.573. The fourth-order valence-electron chi connectivity index (χ4n) is 2.53. The van der Waals surface area contributed by atoms with Gasteiger partial charge in [-0.3, -0.25) is 9.59 Å². The molecular weight excluding hydrogens is 322 g/mol. The molecule has 4 aromatic rings. The minimum atomic E-state index is -0.310. The Morgan fingerprint density at radius 2 is 2.08 bits per heavy atom. The number of rotatable bonds is 4. The number of carbonyl (C=O) groups excluding carboxylic acids is 1. The van der Waals surface area contributed by atoms with Gasteiger partial charge in [0.15, 0.2) is 5.65 Å². The van der Waals surface area contributed by atoms with Crippen molar-refractivity contribution in [3.05, 3.63) is 64.8 Å². The van der Waals surface area contributed by atoms with Crippen LogP contribution in [0.2, 0.25) is 0 Å². The molecule has 0 saturated carbocycles. The molecule has 0 atom stereocenters. The Labute approximate surface area is 140 Å². The van der Waals surface area contributed by atoms with Crippen molar-refractivity contribution in [3.8, 4) is 0 Å². The van der Waals surface area contributed by atoms with Crippen LogP contribution in [0.1, 0.15) is 10.4 Å². The number of hydrogen-bond acceptors (Lipinski definition) is 6. The summed E-state index contributed by atoms with van der Waals surface area (Å²) in [6.45, 7) is 0.449. The molecule has 0 spiro atoms. The second-order valence-electron chi connectivity index (χ2n) is 5.34. The molecule has 9 nitrogen and oxygen atoms in total. The first-order valence-corrected chi connectivity index (χ1v) is 7.63. The molecule has 0 aliphatic carbocycles. The van der Waals surface area contributed by atoms with E-state index in [1.807, 2.05) is 0 Å². The van der Waals surface area contributed by atoms with Crippen LogP contribution in [0.4, 0.5) is 0 Å². The molecule has 3 heterocycles. The standard InChI is InChI=1S/C16H13N7O2/c24-15(12-10-19-22-8-3-6-17-14(12)22)18-7-9-23-16(25)11-4-1-2-5-13(11)20-21-23/h1-6,8,10H,7,9H2,(H,18,24). The summed E-state index contributed by atoms with van der Waals surface area (Å²) in [4.78, 5) is 28.8. The van der Waals surface area contributed by atoms with E-state index in [4.69, 9.17) is 0 Å². The number of benzene rings is 1. The molecule has 1 amide bonds. The Kier molecular flexibility index (Phi) is 3.65. The average Bonchev–Trinajstić information content (AvgIpc) is 3.08. The third-order valence-electron chi connectivity index (χ3n) is 3.76. The minimum Gasteiger partial charge on any atom is -0.350 e. The Morgan fingerprint density at radius 3 is 3.00 bits per heavy atom. The van der Waals surface area contributed by atoms with E-state index >= 15 is 0 Å². The van der Waals surface area contributed by atoms with E-state index in [0.717, 1.165) is 0 Å². The van der Waals surface area contributed by atoms with E-state index in [2.05, 4.69) is 25.7 Å². The average molecular weight is 335 g/mol. The van der Waals surface area contributed by atoms with Crippen LogP contribution in [-0.4, -0.2) is 42.0 Å². The summed E-state index contributed by atoms with van der Waals surface area (Å²) in [7, 11) is 0. The number of fused-ring (bicyclic) bond motifs is 2. The van der Waals surface area contributed by atoms with Gasteiger partial charge in [-0.05, 0) is 18.2 Å². The van der Waals surface area contributed by atoms with Gasteiger partial charge in [-0.15, -0.1) is 5.10 Å². The van der Waals surface area contributed by atoms with E-state index in [1.54, 1.807) is 42.7 Å². The van der Waals surface area contributed by atoms with Crippen molar-refractivity contribution < 1.29 is 4.79 Å². The highest BCUT2D eigenvalue weighted by atomic mass is 16.2. The molecule has 0 bridgehead atoms. The smallest absolute Gasteiger partial charge is 0.277 e. The summed E-state index contributed by atoms with van der Waals surface area (Å²) in [6.07, 6.45) is 4.76. The van der Waals surface area contributed by atoms with E-state index in [9.17, 15) is 9.59 Å². The summed E-state index contributed by atoms with van der Waals surface area (Å²) in [5.41, 5.74) is 1.16. The second kappa shape index (κ2) is 6.11. The number of carbonyl (C=O) groups is 1. The first-order chi connectivity index (χ1) is 12.2. The molecule has 0 aliphatic rings. The summed E-state index contributed by atoms with van der Waals surface area (Å²) in [6, 6.07) is 8.73. The van der Waals surface area contributed by atoms with Crippen LogP contribution in [0.3, 0.4) is 0 Å². The molecule has 1 aromatic carbocycles. The topological polar surface area (TPSA) is 107 Å². The van der Waals surface area contributed by atoms with Crippen LogP contribution < -0.4 is 10.9 Å². The Balaban J connectivity index is 1.48. The van der Waals surface area contributed by atoms with Crippen molar-refractivity contribution in [2.45, 2.75) is 6.54 Å². The van der Waals surface area contributed by atoms with Crippen LogP contribution in [0, 0.1) is 0 Å². The maximum atomic E-state index is 12.3. The molecule has 0 unspecified atom stereocenters.